The largest absolute Gasteiger partial charge is 1.00 e. The van der Waals surface area contributed by atoms with Crippen LogP contribution in [0.3, 0.4) is 0 Å². The van der Waals surface area contributed by atoms with Gasteiger partial charge in [0, 0.05) is 17.8 Å². The minimum atomic E-state index is -0.884. The second-order valence-electron chi connectivity index (χ2n) is 2.16. The summed E-state index contributed by atoms with van der Waals surface area (Å²) in [6.45, 7) is 0. The summed E-state index contributed by atoms with van der Waals surface area (Å²) in [4.78, 5) is 20.1. The quantitative estimate of drug-likeness (QED) is 0.228. The van der Waals surface area contributed by atoms with E-state index in [1.165, 1.54) is 0 Å². The topological polar surface area (TPSA) is 60.2 Å². The van der Waals surface area contributed by atoms with Crippen LogP contribution in [-0.4, -0.2) is 16.7 Å². The van der Waals surface area contributed by atoms with Crippen molar-refractivity contribution in [3.8, 4) is 0 Å². The number of Topliss-reactive ketones (excluding diaryl/α,β-unsaturated/α-hetero) is 1. The third-order valence-electron chi connectivity index (χ3n) is 1.53. The molecule has 1 aliphatic rings. The van der Waals surface area contributed by atoms with Gasteiger partial charge in [0.25, 0.3) is 6.04 Å². The van der Waals surface area contributed by atoms with E-state index in [1.54, 1.807) is 0 Å². The Morgan fingerprint density at radius 3 is 2.50 bits per heavy atom. The van der Waals surface area contributed by atoms with Crippen molar-refractivity contribution in [1.29, 1.82) is 0 Å². The van der Waals surface area contributed by atoms with Gasteiger partial charge in [0.2, 0.25) is 5.78 Å². The second kappa shape index (κ2) is 3.74. The van der Waals surface area contributed by atoms with Gasteiger partial charge in [-0.05, 0) is 6.42 Å². The minimum absolute atomic E-state index is 0. The maximum absolute atomic E-state index is 10.6. The second-order valence-corrected chi connectivity index (χ2v) is 2.16. The van der Waals surface area contributed by atoms with E-state index < -0.39 is 11.0 Å². The van der Waals surface area contributed by atoms with Crippen LogP contribution in [0.25, 0.3) is 0 Å². The predicted molar refractivity (Wildman–Crippen MR) is 30.8 cm³/mol. The Labute approximate surface area is 71.8 Å². The first-order valence-corrected chi connectivity index (χ1v) is 2.88. The summed E-state index contributed by atoms with van der Waals surface area (Å²) in [7, 11) is 0. The molecule has 52 valence electrons. The van der Waals surface area contributed by atoms with Gasteiger partial charge in [-0.2, -0.15) is 0 Å². The van der Waals surface area contributed by atoms with Crippen LogP contribution in [0.1, 0.15) is 20.7 Å². The fourth-order valence-corrected chi connectivity index (χ4v) is 1.02. The molecule has 0 aromatic heterocycles. The number of rotatable bonds is 1. The first-order chi connectivity index (χ1) is 4.22. The van der Waals surface area contributed by atoms with E-state index in [1.807, 2.05) is 0 Å². The number of nitro groups is 1. The molecule has 10 heavy (non-hydrogen) atoms. The zero-order valence-electron chi connectivity index (χ0n) is 6.87. The molecular formula is C5H8LiNO3. The Morgan fingerprint density at radius 1 is 1.70 bits per heavy atom. The van der Waals surface area contributed by atoms with E-state index in [0.29, 0.717) is 19.3 Å². The van der Waals surface area contributed by atoms with Crippen molar-refractivity contribution in [2.75, 3.05) is 0 Å². The Bertz CT molecular complexity index is 164. The molecule has 0 heterocycles. The standard InChI is InChI=1S/C5H7NO3.Li.H/c7-5-3-1-2-4(5)6(8)9;;/h4H,1-3H2;;/q;+1;-1. The molecule has 5 heteroatoms. The summed E-state index contributed by atoms with van der Waals surface area (Å²) >= 11 is 0. The van der Waals surface area contributed by atoms with Gasteiger partial charge in [-0.15, -0.1) is 0 Å². The van der Waals surface area contributed by atoms with Crippen LogP contribution >= 0.6 is 0 Å². The van der Waals surface area contributed by atoms with E-state index in [2.05, 4.69) is 0 Å². The molecule has 0 saturated heterocycles. The summed E-state index contributed by atoms with van der Waals surface area (Å²) in [5.41, 5.74) is 0. The number of carbonyl (C=O) groups is 1. The van der Waals surface area contributed by atoms with Crippen LogP contribution < -0.4 is 18.9 Å². The van der Waals surface area contributed by atoms with Crippen LogP contribution in [0.4, 0.5) is 0 Å². The van der Waals surface area contributed by atoms with E-state index in [0.717, 1.165) is 0 Å². The van der Waals surface area contributed by atoms with Gasteiger partial charge in [-0.25, -0.2) is 0 Å². The van der Waals surface area contributed by atoms with Crippen LogP contribution in [0.2, 0.25) is 0 Å². The Kier molecular flexibility index (Phi) is 3.62. The molecule has 0 bridgehead atoms. The van der Waals surface area contributed by atoms with Gasteiger partial charge in [0.05, 0.1) is 0 Å². The van der Waals surface area contributed by atoms with E-state index in [9.17, 15) is 14.9 Å². The molecule has 1 unspecified atom stereocenters. The molecule has 1 aliphatic carbocycles. The minimum Gasteiger partial charge on any atom is -1.00 e. The Balaban J connectivity index is 0. The van der Waals surface area contributed by atoms with Crippen molar-refractivity contribution in [3.63, 3.8) is 0 Å². The third-order valence-corrected chi connectivity index (χ3v) is 1.53. The fourth-order valence-electron chi connectivity index (χ4n) is 1.02. The Hall–Kier alpha value is -0.333. The first-order valence-electron chi connectivity index (χ1n) is 2.88. The zero-order valence-corrected chi connectivity index (χ0v) is 5.87. The number of hydrogen-bond donors (Lipinski definition) is 0. The summed E-state index contributed by atoms with van der Waals surface area (Å²) < 4.78 is 0. The van der Waals surface area contributed by atoms with Gasteiger partial charge in [0.15, 0.2) is 0 Å². The van der Waals surface area contributed by atoms with E-state index >= 15 is 0 Å². The molecule has 0 aromatic carbocycles. The van der Waals surface area contributed by atoms with Crippen LogP contribution in [0.15, 0.2) is 0 Å². The molecule has 1 atom stereocenters. The van der Waals surface area contributed by atoms with Crippen LogP contribution in [-0.2, 0) is 4.79 Å². The normalized spacial score (nSPS) is 24.0. The molecule has 0 N–H and O–H groups in total. The third kappa shape index (κ3) is 1.82. The number of ketones is 1. The summed E-state index contributed by atoms with van der Waals surface area (Å²) in [5.74, 6) is -0.208. The average molecular weight is 137 g/mol. The van der Waals surface area contributed by atoms with Gasteiger partial charge < -0.3 is 1.43 Å². The van der Waals surface area contributed by atoms with Crippen molar-refractivity contribution in [2.24, 2.45) is 0 Å². The predicted octanol–water partition coefficient (Wildman–Crippen LogP) is -2.50. The maximum Gasteiger partial charge on any atom is 1.00 e. The number of carbonyl (C=O) groups excluding carboxylic acids is 1. The molecule has 0 aliphatic heterocycles. The van der Waals surface area contributed by atoms with E-state index in [-0.39, 0.29) is 26.1 Å². The molecule has 0 radical (unpaired) electrons. The molecule has 1 fully saturated rings. The van der Waals surface area contributed by atoms with Gasteiger partial charge >= 0.3 is 18.9 Å². The number of hydrogen-bond acceptors (Lipinski definition) is 3. The van der Waals surface area contributed by atoms with Crippen molar-refractivity contribution in [1.82, 2.24) is 0 Å². The Morgan fingerprint density at radius 2 is 2.30 bits per heavy atom. The molecule has 1 rings (SSSR count). The van der Waals surface area contributed by atoms with Crippen LogP contribution in [0, 0.1) is 10.1 Å². The van der Waals surface area contributed by atoms with Crippen LogP contribution in [0.5, 0.6) is 0 Å². The summed E-state index contributed by atoms with van der Waals surface area (Å²) in [5, 5.41) is 10.00. The molecule has 0 spiro atoms. The zero-order chi connectivity index (χ0) is 6.85. The van der Waals surface area contributed by atoms with E-state index in [4.69, 9.17) is 0 Å². The molecule has 0 amide bonds. The molecule has 0 aromatic rings. The molecule has 1 saturated carbocycles. The maximum atomic E-state index is 10.6. The fraction of sp³-hybridized carbons (Fsp3) is 0.800. The van der Waals surface area contributed by atoms with Gasteiger partial charge in [-0.1, -0.05) is 0 Å². The van der Waals surface area contributed by atoms with Crippen molar-refractivity contribution >= 4 is 5.78 Å². The monoisotopic (exact) mass is 137 g/mol. The van der Waals surface area contributed by atoms with Gasteiger partial charge in [-0.3, -0.25) is 14.9 Å². The average Bonchev–Trinajstić information content (AvgIpc) is 2.13. The summed E-state index contributed by atoms with van der Waals surface area (Å²) in [6.07, 6.45) is 1.52. The molecule has 4 nitrogen and oxygen atoms in total. The molecular weight excluding hydrogens is 129 g/mol. The summed E-state index contributed by atoms with van der Waals surface area (Å²) in [6, 6.07) is -0.884. The first kappa shape index (κ1) is 9.67. The van der Waals surface area contributed by atoms with Crippen molar-refractivity contribution in [2.45, 2.75) is 25.3 Å². The van der Waals surface area contributed by atoms with Crippen molar-refractivity contribution < 1.29 is 30.0 Å². The number of nitrogens with zero attached hydrogens (tertiary/aromatic N) is 1. The van der Waals surface area contributed by atoms with Crippen molar-refractivity contribution in [3.05, 3.63) is 10.1 Å². The smallest absolute Gasteiger partial charge is 1.00 e. The SMILES string of the molecule is O=C1CCCC1[N+](=O)[O-].[H-].[Li+]. The van der Waals surface area contributed by atoms with Gasteiger partial charge in [0.1, 0.15) is 0 Å².